The van der Waals surface area contributed by atoms with Crippen molar-refractivity contribution in [3.05, 3.63) is 0 Å². The maximum atomic E-state index is 1.68. The molecular formula is C11H14. The Morgan fingerprint density at radius 2 is 0.818 bits per heavy atom. The van der Waals surface area contributed by atoms with Crippen LogP contribution < -0.4 is 0 Å². The zero-order valence-electron chi connectivity index (χ0n) is 6.74. The second kappa shape index (κ2) is 1.11. The van der Waals surface area contributed by atoms with Gasteiger partial charge in [-0.2, -0.15) is 0 Å². The van der Waals surface area contributed by atoms with Crippen LogP contribution in [0.4, 0.5) is 0 Å². The Balaban J connectivity index is 1.85. The van der Waals surface area contributed by atoms with Gasteiger partial charge in [0.25, 0.3) is 0 Å². The quantitative estimate of drug-likeness (QED) is 0.491. The van der Waals surface area contributed by atoms with Crippen molar-refractivity contribution in [2.75, 3.05) is 0 Å². The fourth-order valence-electron chi connectivity index (χ4n) is 6.23. The second-order valence-corrected chi connectivity index (χ2v) is 5.84. The molecule has 6 aliphatic rings. The lowest BCUT2D eigenvalue weighted by Gasteiger charge is -2.56. The Morgan fingerprint density at radius 3 is 1.27 bits per heavy atom. The van der Waals surface area contributed by atoms with Gasteiger partial charge >= 0.3 is 0 Å². The van der Waals surface area contributed by atoms with E-state index in [0.29, 0.717) is 0 Å². The van der Waals surface area contributed by atoms with Crippen LogP contribution in [0.25, 0.3) is 0 Å². The molecule has 0 saturated heterocycles. The van der Waals surface area contributed by atoms with Gasteiger partial charge in [-0.3, -0.25) is 0 Å². The molecule has 0 aromatic heterocycles. The van der Waals surface area contributed by atoms with Crippen LogP contribution in [0.2, 0.25) is 0 Å². The maximum Gasteiger partial charge on any atom is -0.0318 e. The Morgan fingerprint density at radius 1 is 0.455 bits per heavy atom. The largest absolute Gasteiger partial charge is 0.0465 e. The molecule has 6 rings (SSSR count). The molecule has 6 saturated carbocycles. The molecule has 11 heavy (non-hydrogen) atoms. The lowest BCUT2D eigenvalue weighted by atomic mass is 9.49. The average Bonchev–Trinajstić information content (AvgIpc) is 2.11. The van der Waals surface area contributed by atoms with E-state index in [9.17, 15) is 0 Å². The highest BCUT2D eigenvalue weighted by Gasteiger charge is 2.76. The summed E-state index contributed by atoms with van der Waals surface area (Å²) in [6.07, 6.45) is 5.03. The molecule has 0 amide bonds. The summed E-state index contributed by atoms with van der Waals surface area (Å²) >= 11 is 0. The zero-order valence-corrected chi connectivity index (χ0v) is 6.74. The SMILES string of the molecule is C1C2C3CC4C1C1CC2C3C41. The standard InChI is InChI=1S/C11H14/c1-4-6-2-7-5(1)9-3-8(4)10(6)11(7)9/h4-11H,1-3H2. The van der Waals surface area contributed by atoms with E-state index >= 15 is 0 Å². The number of hydrogen-bond donors (Lipinski definition) is 0. The fraction of sp³-hybridized carbons (Fsp3) is 1.00. The fourth-order valence-corrected chi connectivity index (χ4v) is 6.23. The molecule has 0 heteroatoms. The van der Waals surface area contributed by atoms with E-state index in [1.807, 2.05) is 0 Å². The van der Waals surface area contributed by atoms with Crippen molar-refractivity contribution in [2.24, 2.45) is 47.3 Å². The first-order chi connectivity index (χ1) is 5.45. The zero-order chi connectivity index (χ0) is 6.74. The predicted molar refractivity (Wildman–Crippen MR) is 41.8 cm³/mol. The molecule has 0 radical (unpaired) electrons. The van der Waals surface area contributed by atoms with Crippen molar-refractivity contribution in [2.45, 2.75) is 19.3 Å². The molecule has 6 fully saturated rings. The summed E-state index contributed by atoms with van der Waals surface area (Å²) < 4.78 is 0. The van der Waals surface area contributed by atoms with E-state index in [1.54, 1.807) is 19.3 Å². The molecule has 0 N–H and O–H groups in total. The minimum Gasteiger partial charge on any atom is -0.0465 e. The molecule has 0 heterocycles. The van der Waals surface area contributed by atoms with Crippen molar-refractivity contribution in [3.8, 4) is 0 Å². The van der Waals surface area contributed by atoms with Crippen LogP contribution in [0, 0.1) is 47.3 Å². The van der Waals surface area contributed by atoms with E-state index in [0.717, 1.165) is 0 Å². The third-order valence-electron chi connectivity index (χ3n) is 6.25. The minimum absolute atomic E-state index is 1.25. The number of hydrogen-bond acceptors (Lipinski definition) is 0. The van der Waals surface area contributed by atoms with Gasteiger partial charge in [0.05, 0.1) is 0 Å². The molecule has 0 aliphatic heterocycles. The van der Waals surface area contributed by atoms with Gasteiger partial charge in [0.1, 0.15) is 0 Å². The third-order valence-corrected chi connectivity index (χ3v) is 6.25. The van der Waals surface area contributed by atoms with Gasteiger partial charge in [-0.1, -0.05) is 0 Å². The Kier molecular flexibility index (Phi) is 0.494. The third kappa shape index (κ3) is 0.278. The molecular weight excluding hydrogens is 132 g/mol. The van der Waals surface area contributed by atoms with Crippen molar-refractivity contribution < 1.29 is 0 Å². The normalized spacial score (nSPS) is 85.1. The smallest absolute Gasteiger partial charge is 0.0318 e. The maximum absolute atomic E-state index is 1.68. The van der Waals surface area contributed by atoms with Crippen LogP contribution in [0.5, 0.6) is 0 Å². The predicted octanol–water partition coefficient (Wildman–Crippen LogP) is 2.15. The van der Waals surface area contributed by atoms with Crippen molar-refractivity contribution in [3.63, 3.8) is 0 Å². The van der Waals surface area contributed by atoms with E-state index in [4.69, 9.17) is 0 Å². The minimum atomic E-state index is 1.25. The van der Waals surface area contributed by atoms with Crippen LogP contribution >= 0.6 is 0 Å². The molecule has 0 aromatic carbocycles. The first-order valence-electron chi connectivity index (χ1n) is 5.45. The van der Waals surface area contributed by atoms with Crippen LogP contribution in [0.3, 0.4) is 0 Å². The Labute approximate surface area is 67.4 Å². The van der Waals surface area contributed by atoms with Gasteiger partial charge in [0, 0.05) is 0 Å². The Bertz CT molecular complexity index is 211. The van der Waals surface area contributed by atoms with Gasteiger partial charge in [0.15, 0.2) is 0 Å². The summed E-state index contributed by atoms with van der Waals surface area (Å²) in [5.41, 5.74) is 0. The molecule has 6 bridgehead atoms. The van der Waals surface area contributed by atoms with Gasteiger partial charge in [-0.15, -0.1) is 0 Å². The summed E-state index contributed by atoms with van der Waals surface area (Å²) in [4.78, 5) is 0. The van der Waals surface area contributed by atoms with E-state index in [1.165, 1.54) is 47.3 Å². The lowest BCUT2D eigenvalue weighted by Crippen LogP contribution is -2.49. The van der Waals surface area contributed by atoms with Crippen LogP contribution in [0.15, 0.2) is 0 Å². The van der Waals surface area contributed by atoms with Gasteiger partial charge in [0.2, 0.25) is 0 Å². The monoisotopic (exact) mass is 146 g/mol. The van der Waals surface area contributed by atoms with Crippen LogP contribution in [-0.2, 0) is 0 Å². The van der Waals surface area contributed by atoms with E-state index in [2.05, 4.69) is 0 Å². The highest BCUT2D eigenvalue weighted by atomic mass is 14.8. The van der Waals surface area contributed by atoms with Gasteiger partial charge in [-0.05, 0) is 66.6 Å². The average molecular weight is 146 g/mol. The highest BCUT2D eigenvalue weighted by molar-refractivity contribution is 5.24. The van der Waals surface area contributed by atoms with Crippen molar-refractivity contribution >= 4 is 0 Å². The second-order valence-electron chi connectivity index (χ2n) is 5.84. The summed E-state index contributed by atoms with van der Waals surface area (Å²) in [5.74, 6) is 10.1. The first kappa shape index (κ1) is 4.89. The van der Waals surface area contributed by atoms with Gasteiger partial charge < -0.3 is 0 Å². The van der Waals surface area contributed by atoms with Crippen LogP contribution in [-0.4, -0.2) is 0 Å². The molecule has 6 aliphatic carbocycles. The topological polar surface area (TPSA) is 0 Å². The molecule has 4 unspecified atom stereocenters. The Hall–Kier alpha value is 0. The van der Waals surface area contributed by atoms with E-state index in [-0.39, 0.29) is 0 Å². The molecule has 58 valence electrons. The van der Waals surface area contributed by atoms with Crippen LogP contribution in [0.1, 0.15) is 19.3 Å². The summed E-state index contributed by atoms with van der Waals surface area (Å²) in [6.45, 7) is 0. The summed E-state index contributed by atoms with van der Waals surface area (Å²) in [7, 11) is 0. The highest BCUT2D eigenvalue weighted by Crippen LogP contribution is 2.82. The summed E-state index contributed by atoms with van der Waals surface area (Å²) in [5, 5.41) is 0. The summed E-state index contributed by atoms with van der Waals surface area (Å²) in [6, 6.07) is 0. The number of rotatable bonds is 0. The molecule has 0 spiro atoms. The molecule has 4 atom stereocenters. The molecule has 0 nitrogen and oxygen atoms in total. The first-order valence-corrected chi connectivity index (χ1v) is 5.45. The van der Waals surface area contributed by atoms with E-state index < -0.39 is 0 Å². The van der Waals surface area contributed by atoms with Crippen molar-refractivity contribution in [1.29, 1.82) is 0 Å². The lowest BCUT2D eigenvalue weighted by molar-refractivity contribution is -0.0703. The van der Waals surface area contributed by atoms with Crippen molar-refractivity contribution in [1.82, 2.24) is 0 Å². The van der Waals surface area contributed by atoms with Gasteiger partial charge in [-0.25, -0.2) is 0 Å². The molecule has 0 aromatic rings.